The van der Waals surface area contributed by atoms with E-state index in [1.165, 1.54) is 18.2 Å². The molecule has 7 heteroatoms. The van der Waals surface area contributed by atoms with Gasteiger partial charge in [-0.1, -0.05) is 13.0 Å². The average molecular weight is 303 g/mol. The van der Waals surface area contributed by atoms with Gasteiger partial charge < -0.3 is 19.9 Å². The van der Waals surface area contributed by atoms with Gasteiger partial charge in [-0.2, -0.15) is 8.78 Å². The summed E-state index contributed by atoms with van der Waals surface area (Å²) in [7, 11) is 0. The van der Waals surface area contributed by atoms with E-state index in [1.54, 1.807) is 6.92 Å². The third-order valence-corrected chi connectivity index (χ3v) is 2.66. The standard InChI is InChI=1S/C14H19F2NO4/c1-3-7-17-12(13(18)19)9-5-6-10(21-14(15)16)11(8-9)20-4-2/h5-6,8,12,14,17H,3-4,7H2,1-2H3,(H,18,19). The zero-order valence-corrected chi connectivity index (χ0v) is 11.9. The van der Waals surface area contributed by atoms with Gasteiger partial charge in [-0.25, -0.2) is 0 Å². The van der Waals surface area contributed by atoms with Crippen LogP contribution in [0.2, 0.25) is 0 Å². The number of hydrogen-bond donors (Lipinski definition) is 2. The van der Waals surface area contributed by atoms with E-state index >= 15 is 0 Å². The lowest BCUT2D eigenvalue weighted by Gasteiger charge is -2.17. The second kappa shape index (κ2) is 8.41. The molecule has 5 nitrogen and oxygen atoms in total. The summed E-state index contributed by atoms with van der Waals surface area (Å²) in [4.78, 5) is 11.3. The van der Waals surface area contributed by atoms with Crippen LogP contribution < -0.4 is 14.8 Å². The van der Waals surface area contributed by atoms with Crippen LogP contribution in [-0.4, -0.2) is 30.8 Å². The highest BCUT2D eigenvalue weighted by atomic mass is 19.3. The molecule has 1 aromatic rings. The average Bonchev–Trinajstić information content (AvgIpc) is 2.41. The summed E-state index contributed by atoms with van der Waals surface area (Å²) in [5, 5.41) is 12.1. The summed E-state index contributed by atoms with van der Waals surface area (Å²) < 4.78 is 34.2. The Morgan fingerprint density at radius 1 is 1.33 bits per heavy atom. The van der Waals surface area contributed by atoms with Crippen LogP contribution in [-0.2, 0) is 4.79 Å². The summed E-state index contributed by atoms with van der Waals surface area (Å²) >= 11 is 0. The molecule has 0 aliphatic heterocycles. The van der Waals surface area contributed by atoms with Crippen LogP contribution in [0.4, 0.5) is 8.78 Å². The molecule has 0 aliphatic rings. The smallest absolute Gasteiger partial charge is 0.387 e. The van der Waals surface area contributed by atoms with Gasteiger partial charge in [0.2, 0.25) is 0 Å². The van der Waals surface area contributed by atoms with Gasteiger partial charge in [0.25, 0.3) is 0 Å². The first kappa shape index (κ1) is 17.2. The molecule has 0 heterocycles. The summed E-state index contributed by atoms with van der Waals surface area (Å²) in [6.45, 7) is 1.42. The van der Waals surface area contributed by atoms with Crippen molar-refractivity contribution < 1.29 is 28.2 Å². The monoisotopic (exact) mass is 303 g/mol. The number of nitrogens with one attached hydrogen (secondary N) is 1. The minimum atomic E-state index is -2.97. The van der Waals surface area contributed by atoms with Crippen molar-refractivity contribution in [2.75, 3.05) is 13.2 Å². The maximum absolute atomic E-state index is 12.3. The van der Waals surface area contributed by atoms with Crippen molar-refractivity contribution in [1.29, 1.82) is 0 Å². The molecular formula is C14H19F2NO4. The highest BCUT2D eigenvalue weighted by Gasteiger charge is 2.21. The van der Waals surface area contributed by atoms with Gasteiger partial charge in [0.05, 0.1) is 6.61 Å². The highest BCUT2D eigenvalue weighted by Crippen LogP contribution is 2.32. The normalized spacial score (nSPS) is 12.2. The third kappa shape index (κ3) is 5.18. The number of halogens is 2. The molecule has 1 rings (SSSR count). The number of carbonyl (C=O) groups is 1. The number of carboxylic acids is 1. The van der Waals surface area contributed by atoms with E-state index in [4.69, 9.17) is 4.74 Å². The summed E-state index contributed by atoms with van der Waals surface area (Å²) in [5.41, 5.74) is 0.418. The number of hydrogen-bond acceptors (Lipinski definition) is 4. The van der Waals surface area contributed by atoms with Crippen molar-refractivity contribution in [2.45, 2.75) is 32.9 Å². The molecule has 1 aromatic carbocycles. The summed E-state index contributed by atoms with van der Waals surface area (Å²) in [5.74, 6) is -1.07. The van der Waals surface area contributed by atoms with Crippen LogP contribution >= 0.6 is 0 Å². The SMILES string of the molecule is CCCNC(C(=O)O)c1ccc(OC(F)F)c(OCC)c1. The maximum atomic E-state index is 12.3. The molecule has 0 saturated heterocycles. The van der Waals surface area contributed by atoms with E-state index in [-0.39, 0.29) is 18.1 Å². The fraction of sp³-hybridized carbons (Fsp3) is 0.500. The van der Waals surface area contributed by atoms with Crippen LogP contribution in [0.3, 0.4) is 0 Å². The minimum absolute atomic E-state index is 0.0971. The van der Waals surface area contributed by atoms with E-state index < -0.39 is 18.6 Å². The molecule has 0 amide bonds. The Morgan fingerprint density at radius 3 is 2.57 bits per heavy atom. The molecule has 2 N–H and O–H groups in total. The van der Waals surface area contributed by atoms with E-state index in [0.29, 0.717) is 12.1 Å². The molecule has 118 valence electrons. The Labute approximate surface area is 121 Å². The Balaban J connectivity index is 3.06. The molecular weight excluding hydrogens is 284 g/mol. The number of aliphatic carboxylic acids is 1. The predicted octanol–water partition coefficient (Wildman–Crippen LogP) is 2.81. The van der Waals surface area contributed by atoms with E-state index in [9.17, 15) is 18.7 Å². The first-order valence-corrected chi connectivity index (χ1v) is 6.67. The van der Waals surface area contributed by atoms with E-state index in [1.807, 2.05) is 6.92 Å². The van der Waals surface area contributed by atoms with Crippen LogP contribution in [0.1, 0.15) is 31.9 Å². The van der Waals surface area contributed by atoms with Gasteiger partial charge in [0, 0.05) is 0 Å². The molecule has 0 radical (unpaired) electrons. The Morgan fingerprint density at radius 2 is 2.05 bits per heavy atom. The summed E-state index contributed by atoms with van der Waals surface area (Å²) in [6.07, 6.45) is 0.772. The van der Waals surface area contributed by atoms with Gasteiger partial charge >= 0.3 is 12.6 Å². The van der Waals surface area contributed by atoms with Gasteiger partial charge in [0.1, 0.15) is 6.04 Å². The molecule has 1 unspecified atom stereocenters. The Kier molecular flexibility index (Phi) is 6.87. The van der Waals surface area contributed by atoms with Gasteiger partial charge in [0.15, 0.2) is 11.5 Å². The largest absolute Gasteiger partial charge is 0.490 e. The van der Waals surface area contributed by atoms with E-state index in [0.717, 1.165) is 6.42 Å². The zero-order valence-electron chi connectivity index (χ0n) is 11.9. The summed E-state index contributed by atoms with van der Waals surface area (Å²) in [6, 6.07) is 3.20. The van der Waals surface area contributed by atoms with E-state index in [2.05, 4.69) is 10.1 Å². The molecule has 0 fully saturated rings. The lowest BCUT2D eigenvalue weighted by molar-refractivity contribution is -0.139. The van der Waals surface area contributed by atoms with Gasteiger partial charge in [-0.15, -0.1) is 0 Å². The fourth-order valence-electron chi connectivity index (χ4n) is 1.80. The van der Waals surface area contributed by atoms with Crippen molar-refractivity contribution in [1.82, 2.24) is 5.32 Å². The first-order chi connectivity index (χ1) is 9.99. The molecule has 0 saturated carbocycles. The molecule has 1 atom stereocenters. The lowest BCUT2D eigenvalue weighted by Crippen LogP contribution is -2.29. The number of rotatable bonds is 9. The second-order valence-electron chi connectivity index (χ2n) is 4.24. The molecule has 0 aliphatic carbocycles. The maximum Gasteiger partial charge on any atom is 0.387 e. The zero-order chi connectivity index (χ0) is 15.8. The number of benzene rings is 1. The van der Waals surface area contributed by atoms with Crippen molar-refractivity contribution in [2.24, 2.45) is 0 Å². The van der Waals surface area contributed by atoms with Crippen molar-refractivity contribution in [3.05, 3.63) is 23.8 Å². The van der Waals surface area contributed by atoms with Gasteiger partial charge in [-0.3, -0.25) is 4.79 Å². The number of alkyl halides is 2. The highest BCUT2D eigenvalue weighted by molar-refractivity contribution is 5.76. The third-order valence-electron chi connectivity index (χ3n) is 2.66. The van der Waals surface area contributed by atoms with Crippen molar-refractivity contribution >= 4 is 5.97 Å². The molecule has 0 bridgehead atoms. The fourth-order valence-corrected chi connectivity index (χ4v) is 1.80. The topological polar surface area (TPSA) is 67.8 Å². The quantitative estimate of drug-likeness (QED) is 0.734. The number of ether oxygens (including phenoxy) is 2. The van der Waals surface area contributed by atoms with Crippen LogP contribution in [0.15, 0.2) is 18.2 Å². The van der Waals surface area contributed by atoms with Crippen molar-refractivity contribution in [3.63, 3.8) is 0 Å². The van der Waals surface area contributed by atoms with Crippen molar-refractivity contribution in [3.8, 4) is 11.5 Å². The Hall–Kier alpha value is -1.89. The van der Waals surface area contributed by atoms with Gasteiger partial charge in [-0.05, 0) is 37.6 Å². The van der Waals surface area contributed by atoms with Crippen LogP contribution in [0.5, 0.6) is 11.5 Å². The molecule has 0 aromatic heterocycles. The first-order valence-electron chi connectivity index (χ1n) is 6.67. The number of carboxylic acid groups (broad SMARTS) is 1. The Bertz CT molecular complexity index is 468. The van der Waals surface area contributed by atoms with Crippen LogP contribution in [0.25, 0.3) is 0 Å². The lowest BCUT2D eigenvalue weighted by atomic mass is 10.1. The molecule has 0 spiro atoms. The minimum Gasteiger partial charge on any atom is -0.490 e. The second-order valence-corrected chi connectivity index (χ2v) is 4.24. The van der Waals surface area contributed by atoms with Crippen LogP contribution in [0, 0.1) is 0 Å². The predicted molar refractivity (Wildman–Crippen MR) is 72.9 cm³/mol. The molecule has 21 heavy (non-hydrogen) atoms.